The first-order chi connectivity index (χ1) is 9.70. The molecule has 3 nitrogen and oxygen atoms in total. The Morgan fingerprint density at radius 3 is 2.48 bits per heavy atom. The third-order valence-electron chi connectivity index (χ3n) is 3.29. The van der Waals surface area contributed by atoms with E-state index in [4.69, 9.17) is 11.6 Å². The molecular weight excluding hydrogens is 302 g/mol. The molecule has 5 heteroatoms. The maximum atomic E-state index is 9.32. The van der Waals surface area contributed by atoms with E-state index in [1.54, 1.807) is 12.3 Å². The molecule has 0 radical (unpaired) electrons. The second-order valence-corrected chi connectivity index (χ2v) is 9.93. The van der Waals surface area contributed by atoms with Crippen LogP contribution in [0, 0.1) is 11.3 Å². The van der Waals surface area contributed by atoms with E-state index in [-0.39, 0.29) is 4.75 Å². The lowest BCUT2D eigenvalue weighted by molar-refractivity contribution is 0.803. The molecule has 0 aliphatic carbocycles. The number of halogens is 1. The van der Waals surface area contributed by atoms with E-state index in [2.05, 4.69) is 42.9 Å². The fourth-order valence-corrected chi connectivity index (χ4v) is 2.66. The highest BCUT2D eigenvalue weighted by Gasteiger charge is 2.18. The van der Waals surface area contributed by atoms with Crippen molar-refractivity contribution in [3.8, 4) is 6.07 Å². The quantitative estimate of drug-likeness (QED) is 0.469. The van der Waals surface area contributed by atoms with Gasteiger partial charge in [0.05, 0.1) is 17.3 Å². The SMILES string of the molecule is C=S(C)(=C(C#N)/C=N\N=C/c1ccccc1Cl)C(C)(C)C. The lowest BCUT2D eigenvalue weighted by Gasteiger charge is -2.28. The van der Waals surface area contributed by atoms with Crippen LogP contribution in [0.4, 0.5) is 0 Å². The van der Waals surface area contributed by atoms with Gasteiger partial charge in [-0.05, 0) is 17.1 Å². The van der Waals surface area contributed by atoms with Crippen LogP contribution < -0.4 is 0 Å². The van der Waals surface area contributed by atoms with Crippen LogP contribution in [-0.4, -0.2) is 34.2 Å². The van der Waals surface area contributed by atoms with Gasteiger partial charge in [-0.3, -0.25) is 0 Å². The van der Waals surface area contributed by atoms with Crippen LogP contribution in [0.15, 0.2) is 34.5 Å². The van der Waals surface area contributed by atoms with Gasteiger partial charge in [-0.15, -0.1) is 0 Å². The van der Waals surface area contributed by atoms with Gasteiger partial charge in [0.1, 0.15) is 6.07 Å². The van der Waals surface area contributed by atoms with Crippen molar-refractivity contribution < 1.29 is 0 Å². The van der Waals surface area contributed by atoms with Crippen molar-refractivity contribution in [2.24, 2.45) is 10.2 Å². The van der Waals surface area contributed by atoms with Crippen molar-refractivity contribution in [2.45, 2.75) is 25.5 Å². The third-order valence-corrected chi connectivity index (χ3v) is 7.51. The van der Waals surface area contributed by atoms with Crippen molar-refractivity contribution in [1.29, 1.82) is 5.26 Å². The number of benzene rings is 1. The van der Waals surface area contributed by atoms with Crippen LogP contribution in [-0.2, 0) is 0 Å². The second-order valence-electron chi connectivity index (χ2n) is 5.69. The first-order valence-electron chi connectivity index (χ1n) is 6.39. The molecule has 1 unspecified atom stereocenters. The normalized spacial score (nSPS) is 15.0. The zero-order valence-electron chi connectivity index (χ0n) is 12.8. The summed E-state index contributed by atoms with van der Waals surface area (Å²) < 4.78 is -0.0729. The van der Waals surface area contributed by atoms with E-state index in [9.17, 15) is 5.26 Å². The monoisotopic (exact) mass is 321 g/mol. The highest BCUT2D eigenvalue weighted by atomic mass is 35.5. The number of nitriles is 1. The molecule has 0 saturated carbocycles. The Morgan fingerprint density at radius 1 is 1.33 bits per heavy atom. The molecule has 0 spiro atoms. The van der Waals surface area contributed by atoms with E-state index >= 15 is 0 Å². The molecule has 0 bridgehead atoms. The standard InChI is InChI=1S/C16H20ClN3S/c1-16(2,3)21(4,5)14(10-18)12-20-19-11-13-8-6-7-9-15(13)17/h6-9,11-12H,4H2,1-3,5H3/b19-11-,20-12-. The Balaban J connectivity index is 3.06. The lowest BCUT2D eigenvalue weighted by Crippen LogP contribution is -2.18. The van der Waals surface area contributed by atoms with Crippen molar-refractivity contribution in [1.82, 2.24) is 0 Å². The van der Waals surface area contributed by atoms with Crippen LogP contribution in [0.3, 0.4) is 0 Å². The van der Waals surface area contributed by atoms with Gasteiger partial charge >= 0.3 is 0 Å². The molecule has 0 saturated heterocycles. The third kappa shape index (κ3) is 4.45. The average Bonchev–Trinajstić information content (AvgIpc) is 2.39. The first-order valence-corrected chi connectivity index (χ1v) is 8.98. The van der Waals surface area contributed by atoms with Gasteiger partial charge in [-0.2, -0.15) is 24.7 Å². The molecule has 0 N–H and O–H groups in total. The first kappa shape index (κ1) is 17.5. The van der Waals surface area contributed by atoms with Gasteiger partial charge in [0, 0.05) is 10.6 Å². The summed E-state index contributed by atoms with van der Waals surface area (Å²) >= 11 is 6.02. The molecule has 1 aromatic rings. The van der Waals surface area contributed by atoms with Gasteiger partial charge in [-0.25, -0.2) is 0 Å². The smallest absolute Gasteiger partial charge is 0.107 e. The number of hydrogen-bond acceptors (Lipinski definition) is 3. The van der Waals surface area contributed by atoms with Crippen LogP contribution >= 0.6 is 20.8 Å². The summed E-state index contributed by atoms with van der Waals surface area (Å²) in [7, 11) is -1.49. The Kier molecular flexibility index (Phi) is 5.77. The predicted molar refractivity (Wildman–Crippen MR) is 98.5 cm³/mol. The van der Waals surface area contributed by atoms with Gasteiger partial charge in [0.25, 0.3) is 0 Å². The van der Waals surface area contributed by atoms with Gasteiger partial charge in [-0.1, -0.05) is 56.4 Å². The minimum absolute atomic E-state index is 0.0729. The molecule has 21 heavy (non-hydrogen) atoms. The fourth-order valence-electron chi connectivity index (χ4n) is 1.34. The zero-order valence-corrected chi connectivity index (χ0v) is 14.4. The molecule has 112 valence electrons. The number of rotatable bonds is 3. The summed E-state index contributed by atoms with van der Waals surface area (Å²) in [5.74, 6) is 4.22. The van der Waals surface area contributed by atoms with Crippen LogP contribution in [0.1, 0.15) is 26.3 Å². The Morgan fingerprint density at radius 2 is 1.95 bits per heavy atom. The molecule has 1 aromatic carbocycles. The topological polar surface area (TPSA) is 48.5 Å². The number of nitrogens with zero attached hydrogens (tertiary/aromatic N) is 3. The Labute approximate surface area is 132 Å². The van der Waals surface area contributed by atoms with E-state index in [1.807, 2.05) is 24.5 Å². The van der Waals surface area contributed by atoms with Gasteiger partial charge < -0.3 is 0 Å². The van der Waals surface area contributed by atoms with E-state index in [1.165, 1.54) is 6.21 Å². The van der Waals surface area contributed by atoms with Crippen molar-refractivity contribution in [3.05, 3.63) is 34.9 Å². The summed E-state index contributed by atoms with van der Waals surface area (Å²) in [4.78, 5) is 0.575. The van der Waals surface area contributed by atoms with Crippen LogP contribution in [0.2, 0.25) is 5.02 Å². The summed E-state index contributed by atoms with van der Waals surface area (Å²) in [5.41, 5.74) is 0.787. The van der Waals surface area contributed by atoms with E-state index < -0.39 is 9.21 Å². The maximum absolute atomic E-state index is 9.32. The minimum Gasteiger partial charge on any atom is -0.192 e. The largest absolute Gasteiger partial charge is 0.192 e. The number of hydrogen-bond donors (Lipinski definition) is 0. The fraction of sp³-hybridized carbons (Fsp3) is 0.312. The van der Waals surface area contributed by atoms with Gasteiger partial charge in [0.2, 0.25) is 0 Å². The minimum atomic E-state index is -1.49. The average molecular weight is 322 g/mol. The summed E-state index contributed by atoms with van der Waals surface area (Å²) in [6, 6.07) is 9.57. The lowest BCUT2D eigenvalue weighted by atomic mass is 10.2. The maximum Gasteiger partial charge on any atom is 0.107 e. The van der Waals surface area contributed by atoms with Crippen LogP contribution in [0.25, 0.3) is 0 Å². The highest BCUT2D eigenvalue weighted by molar-refractivity contribution is 8.30. The molecule has 0 amide bonds. The molecule has 0 aromatic heterocycles. The summed E-state index contributed by atoms with van der Waals surface area (Å²) in [5, 5.41) is 17.9. The van der Waals surface area contributed by atoms with Crippen molar-refractivity contribution >= 4 is 44.0 Å². The van der Waals surface area contributed by atoms with E-state index in [0.29, 0.717) is 9.89 Å². The molecule has 1 rings (SSSR count). The van der Waals surface area contributed by atoms with Crippen molar-refractivity contribution in [3.63, 3.8) is 0 Å². The Bertz CT molecular complexity index is 725. The van der Waals surface area contributed by atoms with E-state index in [0.717, 1.165) is 5.56 Å². The molecule has 0 aliphatic heterocycles. The zero-order chi connectivity index (χ0) is 16.1. The molecule has 1 atom stereocenters. The summed E-state index contributed by atoms with van der Waals surface area (Å²) in [6.45, 7) is 6.23. The van der Waals surface area contributed by atoms with Crippen LogP contribution in [0.5, 0.6) is 0 Å². The molecular formula is C16H20ClN3S. The summed E-state index contributed by atoms with van der Waals surface area (Å²) in [6.07, 6.45) is 5.08. The Hall–Kier alpha value is -1.57. The molecule has 0 aliphatic rings. The highest BCUT2D eigenvalue weighted by Crippen LogP contribution is 2.36. The molecule has 0 heterocycles. The van der Waals surface area contributed by atoms with Gasteiger partial charge in [0.15, 0.2) is 0 Å². The molecule has 0 fully saturated rings. The predicted octanol–water partition coefficient (Wildman–Crippen LogP) is 4.11. The second kappa shape index (κ2) is 6.93. The van der Waals surface area contributed by atoms with Crippen molar-refractivity contribution in [2.75, 3.05) is 6.26 Å².